The monoisotopic (exact) mass is 274 g/mol. The van der Waals surface area contributed by atoms with E-state index in [1.807, 2.05) is 24.3 Å². The van der Waals surface area contributed by atoms with E-state index in [4.69, 9.17) is 4.74 Å². The van der Waals surface area contributed by atoms with Crippen molar-refractivity contribution < 1.29 is 9.53 Å². The van der Waals surface area contributed by atoms with Crippen molar-refractivity contribution in [3.05, 3.63) is 34.7 Å². The van der Waals surface area contributed by atoms with E-state index in [2.05, 4.69) is 24.6 Å². The number of esters is 1. The van der Waals surface area contributed by atoms with Gasteiger partial charge in [0, 0.05) is 10.3 Å². The summed E-state index contributed by atoms with van der Waals surface area (Å²) in [5.74, 6) is 2.91. The first kappa shape index (κ1) is 12.9. The van der Waals surface area contributed by atoms with Gasteiger partial charge in [0.2, 0.25) is 0 Å². The molecule has 1 heterocycles. The van der Waals surface area contributed by atoms with E-state index in [0.29, 0.717) is 4.88 Å². The summed E-state index contributed by atoms with van der Waals surface area (Å²) >= 11 is 1.45. The zero-order chi connectivity index (χ0) is 13.1. The lowest BCUT2D eigenvalue weighted by Crippen LogP contribution is -1.96. The van der Waals surface area contributed by atoms with Crippen molar-refractivity contribution in [2.45, 2.75) is 13.1 Å². The Balaban J connectivity index is 2.40. The second-order valence-electron chi connectivity index (χ2n) is 4.28. The molecular weight excluding hydrogens is 260 g/mol. The van der Waals surface area contributed by atoms with Crippen LogP contribution in [0.4, 0.5) is 0 Å². The van der Waals surface area contributed by atoms with Crippen LogP contribution in [0.15, 0.2) is 24.3 Å². The lowest BCUT2D eigenvalue weighted by atomic mass is 10.2. The number of hydrogen-bond acceptors (Lipinski definition) is 3. The molecule has 0 aliphatic heterocycles. The summed E-state index contributed by atoms with van der Waals surface area (Å²) in [5.41, 5.74) is 4.28. The Morgan fingerprint density at radius 3 is 2.78 bits per heavy atom. The van der Waals surface area contributed by atoms with Crippen LogP contribution in [0.2, 0.25) is 13.1 Å². The van der Waals surface area contributed by atoms with Crippen LogP contribution in [-0.2, 0) is 4.74 Å². The van der Waals surface area contributed by atoms with Crippen molar-refractivity contribution in [1.29, 1.82) is 0 Å². The molecule has 0 saturated carbocycles. The standard InChI is InChI=1S/C14H14O2SSi/c1-16-14(15)13-9-11-5-4-10(6-7-18(2)3)8-12(11)17-13/h4-5,8-9,18H,1-3H3. The van der Waals surface area contributed by atoms with E-state index < -0.39 is 8.80 Å². The first-order valence-electron chi connectivity index (χ1n) is 5.73. The van der Waals surface area contributed by atoms with Crippen molar-refractivity contribution >= 4 is 36.2 Å². The fourth-order valence-corrected chi connectivity index (χ4v) is 3.01. The van der Waals surface area contributed by atoms with Gasteiger partial charge in [0.05, 0.1) is 7.11 Å². The Hall–Kier alpha value is -1.57. The number of carbonyl (C=O) groups is 1. The normalized spacial score (nSPS) is 10.2. The molecule has 0 aliphatic carbocycles. The molecule has 2 rings (SSSR count). The van der Waals surface area contributed by atoms with Crippen molar-refractivity contribution in [2.24, 2.45) is 0 Å². The Labute approximate surface area is 112 Å². The molecule has 2 aromatic rings. The second-order valence-corrected chi connectivity index (χ2v) is 7.96. The summed E-state index contributed by atoms with van der Waals surface area (Å²) < 4.78 is 5.80. The van der Waals surface area contributed by atoms with Gasteiger partial charge in [-0.25, -0.2) is 4.79 Å². The van der Waals surface area contributed by atoms with E-state index in [-0.39, 0.29) is 5.97 Å². The molecule has 0 fully saturated rings. The van der Waals surface area contributed by atoms with Crippen LogP contribution in [0.5, 0.6) is 0 Å². The number of carbonyl (C=O) groups excluding carboxylic acids is 1. The molecule has 0 unspecified atom stereocenters. The van der Waals surface area contributed by atoms with Gasteiger partial charge in [-0.05, 0) is 23.6 Å². The van der Waals surface area contributed by atoms with Crippen molar-refractivity contribution in [1.82, 2.24) is 0 Å². The molecule has 1 aromatic heterocycles. The van der Waals surface area contributed by atoms with E-state index >= 15 is 0 Å². The fraction of sp³-hybridized carbons (Fsp3) is 0.214. The minimum atomic E-state index is -0.850. The molecule has 1 aromatic carbocycles. The molecule has 0 saturated heterocycles. The molecule has 92 valence electrons. The number of rotatable bonds is 1. The van der Waals surface area contributed by atoms with E-state index in [0.717, 1.165) is 15.6 Å². The highest BCUT2D eigenvalue weighted by molar-refractivity contribution is 7.20. The third kappa shape index (κ3) is 2.81. The van der Waals surface area contributed by atoms with E-state index in [1.54, 1.807) is 0 Å². The van der Waals surface area contributed by atoms with Crippen LogP contribution < -0.4 is 0 Å². The van der Waals surface area contributed by atoms with Gasteiger partial charge in [-0.1, -0.05) is 25.1 Å². The van der Waals surface area contributed by atoms with Gasteiger partial charge in [0.25, 0.3) is 0 Å². The second kappa shape index (κ2) is 5.38. The number of benzene rings is 1. The van der Waals surface area contributed by atoms with Crippen LogP contribution in [0.3, 0.4) is 0 Å². The first-order chi connectivity index (χ1) is 8.60. The Kier molecular flexibility index (Phi) is 3.85. The van der Waals surface area contributed by atoms with Crippen LogP contribution in [0.25, 0.3) is 10.1 Å². The molecule has 4 heteroatoms. The molecule has 0 amide bonds. The first-order valence-corrected chi connectivity index (χ1v) is 9.44. The average molecular weight is 274 g/mol. The summed E-state index contributed by atoms with van der Waals surface area (Å²) in [4.78, 5) is 12.1. The summed E-state index contributed by atoms with van der Waals surface area (Å²) in [7, 11) is 0.549. The maximum absolute atomic E-state index is 11.4. The van der Waals surface area contributed by atoms with Gasteiger partial charge in [0.15, 0.2) is 0 Å². The molecule has 0 aliphatic rings. The SMILES string of the molecule is COC(=O)c1cc2ccc(C#C[SiH](C)C)cc2s1. The number of methoxy groups -OCH3 is 1. The average Bonchev–Trinajstić information content (AvgIpc) is 2.78. The van der Waals surface area contributed by atoms with Gasteiger partial charge in [-0.15, -0.1) is 16.9 Å². The largest absolute Gasteiger partial charge is 0.465 e. The summed E-state index contributed by atoms with van der Waals surface area (Å²) in [6, 6.07) is 7.90. The highest BCUT2D eigenvalue weighted by atomic mass is 32.1. The highest BCUT2D eigenvalue weighted by Gasteiger charge is 2.09. The third-order valence-corrected chi connectivity index (χ3v) is 4.21. The number of ether oxygens (including phenoxy) is 1. The summed E-state index contributed by atoms with van der Waals surface area (Å²) in [5, 5.41) is 1.06. The zero-order valence-corrected chi connectivity index (χ0v) is 12.6. The minimum absolute atomic E-state index is 0.279. The van der Waals surface area contributed by atoms with E-state index in [1.165, 1.54) is 18.4 Å². The van der Waals surface area contributed by atoms with Gasteiger partial charge in [-0.2, -0.15) is 0 Å². The van der Waals surface area contributed by atoms with Gasteiger partial charge >= 0.3 is 5.97 Å². The number of fused-ring (bicyclic) bond motifs is 1. The maximum atomic E-state index is 11.4. The highest BCUT2D eigenvalue weighted by Crippen LogP contribution is 2.26. The lowest BCUT2D eigenvalue weighted by Gasteiger charge is -1.92. The molecule has 0 bridgehead atoms. The smallest absolute Gasteiger partial charge is 0.348 e. The summed E-state index contributed by atoms with van der Waals surface area (Å²) in [6.07, 6.45) is 0. The van der Waals surface area contributed by atoms with Gasteiger partial charge in [0.1, 0.15) is 13.7 Å². The van der Waals surface area contributed by atoms with Gasteiger partial charge < -0.3 is 4.74 Å². The van der Waals surface area contributed by atoms with Crippen molar-refractivity contribution in [3.8, 4) is 11.5 Å². The van der Waals surface area contributed by atoms with E-state index in [9.17, 15) is 4.79 Å². The third-order valence-electron chi connectivity index (χ3n) is 2.41. The molecule has 0 atom stereocenters. The maximum Gasteiger partial charge on any atom is 0.348 e. The van der Waals surface area contributed by atoms with Crippen molar-refractivity contribution in [2.75, 3.05) is 7.11 Å². The molecule has 0 N–H and O–H groups in total. The van der Waals surface area contributed by atoms with Crippen LogP contribution in [0.1, 0.15) is 15.2 Å². The molecule has 0 radical (unpaired) electrons. The molecule has 2 nitrogen and oxygen atoms in total. The Morgan fingerprint density at radius 2 is 2.11 bits per heavy atom. The lowest BCUT2D eigenvalue weighted by molar-refractivity contribution is 0.0606. The minimum Gasteiger partial charge on any atom is -0.465 e. The number of thiophene rings is 1. The van der Waals surface area contributed by atoms with Crippen molar-refractivity contribution in [3.63, 3.8) is 0 Å². The fourth-order valence-electron chi connectivity index (χ4n) is 1.54. The molecular formula is C14H14O2SSi. The van der Waals surface area contributed by atoms with Gasteiger partial charge in [-0.3, -0.25) is 0 Å². The molecule has 18 heavy (non-hydrogen) atoms. The predicted octanol–water partition coefficient (Wildman–Crippen LogP) is 3.07. The molecule has 0 spiro atoms. The predicted molar refractivity (Wildman–Crippen MR) is 78.9 cm³/mol. The Morgan fingerprint density at radius 1 is 1.33 bits per heavy atom. The quantitative estimate of drug-likeness (QED) is 0.454. The number of hydrogen-bond donors (Lipinski definition) is 0. The summed E-state index contributed by atoms with van der Waals surface area (Å²) in [6.45, 7) is 4.40. The van der Waals surface area contributed by atoms with Crippen LogP contribution in [0, 0.1) is 11.5 Å². The van der Waals surface area contributed by atoms with Crippen LogP contribution in [-0.4, -0.2) is 21.9 Å². The topological polar surface area (TPSA) is 26.3 Å². The Bertz CT molecular complexity index is 647. The van der Waals surface area contributed by atoms with Crippen LogP contribution >= 0.6 is 11.3 Å². The zero-order valence-electron chi connectivity index (χ0n) is 10.6.